The lowest BCUT2D eigenvalue weighted by atomic mass is 10.1. The van der Waals surface area contributed by atoms with Gasteiger partial charge in [0.25, 0.3) is 0 Å². The average molecular weight is 223 g/mol. The zero-order chi connectivity index (χ0) is 12.1. The molecule has 1 atom stereocenters. The van der Waals surface area contributed by atoms with Gasteiger partial charge in [-0.05, 0) is 23.6 Å². The molecule has 0 radical (unpaired) electrons. The van der Waals surface area contributed by atoms with Gasteiger partial charge in [-0.1, -0.05) is 26.0 Å². The van der Waals surface area contributed by atoms with Gasteiger partial charge >= 0.3 is 5.97 Å². The quantitative estimate of drug-likeness (QED) is 0.591. The number of esters is 1. The molecule has 0 aromatic heterocycles. The number of benzene rings is 1. The summed E-state index contributed by atoms with van der Waals surface area (Å²) < 4.78 is 5.09. The second-order valence-electron chi connectivity index (χ2n) is 3.99. The topological polar surface area (TPSA) is 72.6 Å². The van der Waals surface area contributed by atoms with Crippen LogP contribution in [0.1, 0.15) is 19.4 Å². The van der Waals surface area contributed by atoms with Gasteiger partial charge in [0.15, 0.2) is 0 Å². The van der Waals surface area contributed by atoms with E-state index in [0.717, 1.165) is 5.56 Å². The first-order valence-corrected chi connectivity index (χ1v) is 5.21. The number of carbonyl (C=O) groups excluding carboxylic acids is 1. The number of carbonyl (C=O) groups is 1. The molecule has 1 rings (SSSR count). The molecule has 0 aliphatic rings. The van der Waals surface area contributed by atoms with Crippen molar-refractivity contribution in [3.8, 4) is 5.75 Å². The molecule has 1 unspecified atom stereocenters. The second kappa shape index (κ2) is 5.63. The maximum absolute atomic E-state index is 11.5. The smallest absolute Gasteiger partial charge is 0.328 e. The molecule has 4 heteroatoms. The summed E-state index contributed by atoms with van der Waals surface area (Å²) in [5, 5.41) is 8.84. The van der Waals surface area contributed by atoms with Crippen LogP contribution in [0.15, 0.2) is 24.3 Å². The molecule has 0 saturated heterocycles. The lowest BCUT2D eigenvalue weighted by molar-refractivity contribution is -0.136. The molecule has 16 heavy (non-hydrogen) atoms. The summed E-state index contributed by atoms with van der Waals surface area (Å²) in [5.41, 5.74) is 6.42. The third-order valence-corrected chi connectivity index (χ3v) is 2.31. The highest BCUT2D eigenvalue weighted by atomic mass is 16.5. The van der Waals surface area contributed by atoms with Crippen molar-refractivity contribution in [1.29, 1.82) is 0 Å². The molecule has 0 spiro atoms. The van der Waals surface area contributed by atoms with E-state index in [4.69, 9.17) is 15.6 Å². The van der Waals surface area contributed by atoms with E-state index in [-0.39, 0.29) is 12.5 Å². The van der Waals surface area contributed by atoms with E-state index in [2.05, 4.69) is 0 Å². The van der Waals surface area contributed by atoms with E-state index in [0.29, 0.717) is 5.75 Å². The van der Waals surface area contributed by atoms with Gasteiger partial charge in [0.05, 0.1) is 6.61 Å². The first kappa shape index (κ1) is 12.7. The van der Waals surface area contributed by atoms with Crippen molar-refractivity contribution in [2.75, 3.05) is 0 Å². The van der Waals surface area contributed by atoms with Crippen LogP contribution in [0.2, 0.25) is 0 Å². The van der Waals surface area contributed by atoms with Crippen LogP contribution in [0.25, 0.3) is 0 Å². The minimum atomic E-state index is -0.613. The average Bonchev–Trinajstić information content (AvgIpc) is 2.28. The largest absolute Gasteiger partial charge is 0.425 e. The van der Waals surface area contributed by atoms with E-state index in [1.165, 1.54) is 0 Å². The van der Waals surface area contributed by atoms with Crippen LogP contribution in [0, 0.1) is 5.92 Å². The highest BCUT2D eigenvalue weighted by Gasteiger charge is 2.19. The van der Waals surface area contributed by atoms with Crippen LogP contribution in [0.4, 0.5) is 0 Å². The summed E-state index contributed by atoms with van der Waals surface area (Å²) in [6.45, 7) is 3.70. The Balaban J connectivity index is 2.62. The number of aliphatic hydroxyl groups is 1. The van der Waals surface area contributed by atoms with E-state index in [1.54, 1.807) is 24.3 Å². The molecule has 0 heterocycles. The summed E-state index contributed by atoms with van der Waals surface area (Å²) >= 11 is 0. The fourth-order valence-corrected chi connectivity index (χ4v) is 1.12. The molecule has 0 aliphatic heterocycles. The fraction of sp³-hybridized carbons (Fsp3) is 0.417. The number of hydrogen-bond donors (Lipinski definition) is 2. The van der Waals surface area contributed by atoms with Gasteiger partial charge in [-0.2, -0.15) is 0 Å². The number of nitrogens with two attached hydrogens (primary N) is 1. The van der Waals surface area contributed by atoms with Gasteiger partial charge in [-0.3, -0.25) is 0 Å². The summed E-state index contributed by atoms with van der Waals surface area (Å²) in [7, 11) is 0. The number of rotatable bonds is 4. The third kappa shape index (κ3) is 3.32. The highest BCUT2D eigenvalue weighted by molar-refractivity contribution is 5.78. The van der Waals surface area contributed by atoms with Crippen molar-refractivity contribution in [3.05, 3.63) is 29.8 Å². The molecule has 1 aromatic rings. The molecule has 0 fully saturated rings. The molecule has 0 amide bonds. The van der Waals surface area contributed by atoms with Gasteiger partial charge in [-0.25, -0.2) is 4.79 Å². The molecule has 0 saturated carbocycles. The van der Waals surface area contributed by atoms with Gasteiger partial charge in [0, 0.05) is 0 Å². The maximum Gasteiger partial charge on any atom is 0.328 e. The number of hydrogen-bond acceptors (Lipinski definition) is 4. The van der Waals surface area contributed by atoms with Gasteiger partial charge in [0.1, 0.15) is 11.8 Å². The Morgan fingerprint density at radius 2 is 1.94 bits per heavy atom. The Kier molecular flexibility index (Phi) is 4.46. The van der Waals surface area contributed by atoms with E-state index in [9.17, 15) is 4.79 Å². The minimum absolute atomic E-state index is 0.0280. The molecule has 0 bridgehead atoms. The van der Waals surface area contributed by atoms with Gasteiger partial charge in [-0.15, -0.1) is 0 Å². The van der Waals surface area contributed by atoms with Crippen molar-refractivity contribution >= 4 is 5.97 Å². The SMILES string of the molecule is CC(C)C(N)C(=O)Oc1ccc(CO)cc1. The molecule has 88 valence electrons. The molecular weight excluding hydrogens is 206 g/mol. The maximum atomic E-state index is 11.5. The van der Waals surface area contributed by atoms with Crippen molar-refractivity contribution in [1.82, 2.24) is 0 Å². The number of ether oxygens (including phenoxy) is 1. The zero-order valence-corrected chi connectivity index (χ0v) is 9.51. The van der Waals surface area contributed by atoms with Gasteiger partial charge < -0.3 is 15.6 Å². The van der Waals surface area contributed by atoms with E-state index < -0.39 is 12.0 Å². The van der Waals surface area contributed by atoms with Crippen molar-refractivity contribution in [3.63, 3.8) is 0 Å². The molecule has 1 aromatic carbocycles. The monoisotopic (exact) mass is 223 g/mol. The first-order chi connectivity index (χ1) is 7.54. The molecule has 3 N–H and O–H groups in total. The second-order valence-corrected chi connectivity index (χ2v) is 3.99. The lowest BCUT2D eigenvalue weighted by Gasteiger charge is -2.14. The van der Waals surface area contributed by atoms with Gasteiger partial charge in [0.2, 0.25) is 0 Å². The van der Waals surface area contributed by atoms with Crippen molar-refractivity contribution in [2.24, 2.45) is 11.7 Å². The standard InChI is InChI=1S/C12H17NO3/c1-8(2)11(13)12(15)16-10-5-3-9(7-14)4-6-10/h3-6,8,11,14H,7,13H2,1-2H3. The predicted molar refractivity (Wildman–Crippen MR) is 60.8 cm³/mol. The normalized spacial score (nSPS) is 12.6. The predicted octanol–water partition coefficient (Wildman–Crippen LogP) is 1.07. The fourth-order valence-electron chi connectivity index (χ4n) is 1.12. The van der Waals surface area contributed by atoms with Crippen LogP contribution < -0.4 is 10.5 Å². The minimum Gasteiger partial charge on any atom is -0.425 e. The molecular formula is C12H17NO3. The Morgan fingerprint density at radius 1 is 1.38 bits per heavy atom. The van der Waals surface area contributed by atoms with Crippen LogP contribution >= 0.6 is 0 Å². The van der Waals surface area contributed by atoms with E-state index >= 15 is 0 Å². The highest BCUT2D eigenvalue weighted by Crippen LogP contribution is 2.13. The Morgan fingerprint density at radius 3 is 2.38 bits per heavy atom. The molecule has 4 nitrogen and oxygen atoms in total. The Bertz CT molecular complexity index is 346. The van der Waals surface area contributed by atoms with Crippen LogP contribution in [0.3, 0.4) is 0 Å². The Hall–Kier alpha value is -1.39. The summed E-state index contributed by atoms with van der Waals surface area (Å²) in [6.07, 6.45) is 0. The lowest BCUT2D eigenvalue weighted by Crippen LogP contribution is -2.38. The molecule has 0 aliphatic carbocycles. The van der Waals surface area contributed by atoms with Crippen LogP contribution in [0.5, 0.6) is 5.75 Å². The summed E-state index contributed by atoms with van der Waals surface area (Å²) in [5.74, 6) is 0.0502. The third-order valence-electron chi connectivity index (χ3n) is 2.31. The van der Waals surface area contributed by atoms with Crippen molar-refractivity contribution in [2.45, 2.75) is 26.5 Å². The zero-order valence-electron chi connectivity index (χ0n) is 9.51. The van der Waals surface area contributed by atoms with E-state index in [1.807, 2.05) is 13.8 Å². The summed E-state index contributed by atoms with van der Waals surface area (Å²) in [4.78, 5) is 11.5. The van der Waals surface area contributed by atoms with Crippen LogP contribution in [-0.4, -0.2) is 17.1 Å². The Labute approximate surface area is 95.0 Å². The first-order valence-electron chi connectivity index (χ1n) is 5.21. The van der Waals surface area contributed by atoms with Crippen LogP contribution in [-0.2, 0) is 11.4 Å². The van der Waals surface area contributed by atoms with Crippen molar-refractivity contribution < 1.29 is 14.6 Å². The number of aliphatic hydroxyl groups excluding tert-OH is 1. The summed E-state index contributed by atoms with van der Waals surface area (Å²) in [6, 6.07) is 6.05.